The highest BCUT2D eigenvalue weighted by molar-refractivity contribution is 6.08. The summed E-state index contributed by atoms with van der Waals surface area (Å²) in [7, 11) is 0. The topological polar surface area (TPSA) is 78.9 Å². The lowest BCUT2D eigenvalue weighted by atomic mass is 9.94. The van der Waals surface area contributed by atoms with Crippen molar-refractivity contribution in [2.24, 2.45) is 4.99 Å². The van der Waals surface area contributed by atoms with Gasteiger partial charge in [0.15, 0.2) is 5.76 Å². The molecular weight excluding hydrogens is 330 g/mol. The van der Waals surface area contributed by atoms with Crippen LogP contribution in [0.1, 0.15) is 75.8 Å². The maximum absolute atomic E-state index is 13.3. The SMILES string of the molecule is CCCCC1=NC2(CCCC2)C(=O)N1C[C](c1onc(C)c1C)C(C)O. The zero-order chi connectivity index (χ0) is 18.9. The molecule has 1 aliphatic carbocycles. The molecule has 2 aliphatic rings. The number of nitrogens with zero attached hydrogens (tertiary/aromatic N) is 3. The highest BCUT2D eigenvalue weighted by Gasteiger charge is 2.50. The largest absolute Gasteiger partial charge is 0.392 e. The summed E-state index contributed by atoms with van der Waals surface area (Å²) in [4.78, 5) is 19.9. The van der Waals surface area contributed by atoms with E-state index in [0.29, 0.717) is 18.2 Å². The number of hydrogen-bond acceptors (Lipinski definition) is 5. The smallest absolute Gasteiger partial charge is 0.255 e. The Labute approximate surface area is 155 Å². The van der Waals surface area contributed by atoms with Gasteiger partial charge >= 0.3 is 0 Å². The van der Waals surface area contributed by atoms with Gasteiger partial charge in [-0.05, 0) is 40.0 Å². The van der Waals surface area contributed by atoms with Crippen molar-refractivity contribution < 1.29 is 14.4 Å². The van der Waals surface area contributed by atoms with Crippen LogP contribution in [0.5, 0.6) is 0 Å². The van der Waals surface area contributed by atoms with Gasteiger partial charge < -0.3 is 9.63 Å². The van der Waals surface area contributed by atoms with Crippen LogP contribution in [0, 0.1) is 19.8 Å². The number of unbranched alkanes of at least 4 members (excludes halogenated alkanes) is 1. The zero-order valence-electron chi connectivity index (χ0n) is 16.3. The molecule has 1 unspecified atom stereocenters. The van der Waals surface area contributed by atoms with Gasteiger partial charge in [-0.15, -0.1) is 0 Å². The van der Waals surface area contributed by atoms with E-state index >= 15 is 0 Å². The van der Waals surface area contributed by atoms with Crippen molar-refractivity contribution in [1.29, 1.82) is 0 Å². The second-order valence-corrected chi connectivity index (χ2v) is 7.68. The summed E-state index contributed by atoms with van der Waals surface area (Å²) in [5, 5.41) is 14.4. The van der Waals surface area contributed by atoms with E-state index < -0.39 is 11.6 Å². The molecule has 6 heteroatoms. The number of aryl methyl sites for hydroxylation is 1. The number of hydrogen-bond donors (Lipinski definition) is 1. The number of amidine groups is 1. The molecule has 1 aromatic rings. The number of aliphatic imine (C=N–C) groups is 1. The van der Waals surface area contributed by atoms with Crippen LogP contribution in [0.2, 0.25) is 0 Å². The van der Waals surface area contributed by atoms with Gasteiger partial charge in [0.05, 0.1) is 17.7 Å². The number of aromatic nitrogens is 1. The number of rotatable bonds is 7. The molecule has 1 N–H and O–H groups in total. The second-order valence-electron chi connectivity index (χ2n) is 7.68. The Bertz CT molecular complexity index is 686. The number of aliphatic hydroxyl groups excluding tert-OH is 1. The van der Waals surface area contributed by atoms with Crippen LogP contribution < -0.4 is 0 Å². The second kappa shape index (κ2) is 7.51. The van der Waals surface area contributed by atoms with Gasteiger partial charge in [-0.25, -0.2) is 0 Å². The number of carbonyl (C=O) groups is 1. The summed E-state index contributed by atoms with van der Waals surface area (Å²) in [6.45, 7) is 7.98. The molecule has 1 amide bonds. The van der Waals surface area contributed by atoms with Crippen LogP contribution >= 0.6 is 0 Å². The molecule has 1 atom stereocenters. The first-order valence-electron chi connectivity index (χ1n) is 9.77. The van der Waals surface area contributed by atoms with E-state index in [1.54, 1.807) is 11.8 Å². The Morgan fingerprint density at radius 3 is 2.58 bits per heavy atom. The summed E-state index contributed by atoms with van der Waals surface area (Å²) < 4.78 is 5.47. The third-order valence-corrected chi connectivity index (χ3v) is 5.76. The van der Waals surface area contributed by atoms with Gasteiger partial charge in [0, 0.05) is 18.5 Å². The molecule has 3 rings (SSSR count). The van der Waals surface area contributed by atoms with Crippen molar-refractivity contribution in [3.8, 4) is 0 Å². The van der Waals surface area contributed by atoms with Crippen LogP contribution in [0.3, 0.4) is 0 Å². The average Bonchev–Trinajstić information content (AvgIpc) is 3.27. The predicted octanol–water partition coefficient (Wildman–Crippen LogP) is 3.34. The maximum Gasteiger partial charge on any atom is 0.255 e. The highest BCUT2D eigenvalue weighted by atomic mass is 16.5. The fourth-order valence-electron chi connectivity index (χ4n) is 3.98. The minimum atomic E-state index is -0.721. The molecule has 2 heterocycles. The first-order chi connectivity index (χ1) is 12.4. The molecule has 1 spiro atoms. The molecule has 1 radical (unpaired) electrons. The van der Waals surface area contributed by atoms with E-state index in [1.807, 2.05) is 13.8 Å². The van der Waals surface area contributed by atoms with Crippen LogP contribution in [-0.2, 0) is 4.79 Å². The summed E-state index contributed by atoms with van der Waals surface area (Å²) in [5.74, 6) is 2.24. The predicted molar refractivity (Wildman–Crippen MR) is 99.9 cm³/mol. The summed E-state index contributed by atoms with van der Waals surface area (Å²) >= 11 is 0. The number of amides is 1. The zero-order valence-corrected chi connectivity index (χ0v) is 16.3. The van der Waals surface area contributed by atoms with Crippen molar-refractivity contribution in [2.45, 2.75) is 84.3 Å². The molecule has 6 nitrogen and oxygen atoms in total. The molecule has 1 saturated carbocycles. The molecule has 0 bridgehead atoms. The molecule has 1 fully saturated rings. The Hall–Kier alpha value is -1.69. The monoisotopic (exact) mass is 360 g/mol. The third kappa shape index (κ3) is 3.31. The van der Waals surface area contributed by atoms with Crippen molar-refractivity contribution in [3.05, 3.63) is 22.9 Å². The van der Waals surface area contributed by atoms with Gasteiger partial charge in [0.2, 0.25) is 0 Å². The molecule has 1 aromatic heterocycles. The minimum absolute atomic E-state index is 0.0909. The fraction of sp³-hybridized carbons (Fsp3) is 0.700. The van der Waals surface area contributed by atoms with E-state index in [4.69, 9.17) is 9.52 Å². The van der Waals surface area contributed by atoms with Gasteiger partial charge in [0.25, 0.3) is 5.91 Å². The van der Waals surface area contributed by atoms with Gasteiger partial charge in [0.1, 0.15) is 11.4 Å². The lowest BCUT2D eigenvalue weighted by Crippen LogP contribution is -2.44. The van der Waals surface area contributed by atoms with Gasteiger partial charge in [-0.2, -0.15) is 0 Å². The van der Waals surface area contributed by atoms with Gasteiger partial charge in [-0.3, -0.25) is 14.7 Å². The summed E-state index contributed by atoms with van der Waals surface area (Å²) in [5.41, 5.74) is 1.16. The lowest BCUT2D eigenvalue weighted by molar-refractivity contribution is -0.131. The van der Waals surface area contributed by atoms with Crippen molar-refractivity contribution in [3.63, 3.8) is 0 Å². The van der Waals surface area contributed by atoms with Gasteiger partial charge in [-0.1, -0.05) is 31.3 Å². The average molecular weight is 360 g/mol. The van der Waals surface area contributed by atoms with Crippen molar-refractivity contribution in [2.75, 3.05) is 6.54 Å². The van der Waals surface area contributed by atoms with E-state index in [2.05, 4.69) is 12.1 Å². The highest BCUT2D eigenvalue weighted by Crippen LogP contribution is 2.40. The van der Waals surface area contributed by atoms with Crippen molar-refractivity contribution in [1.82, 2.24) is 10.1 Å². The fourth-order valence-corrected chi connectivity index (χ4v) is 3.98. The van der Waals surface area contributed by atoms with Crippen molar-refractivity contribution >= 4 is 11.7 Å². The molecule has 0 saturated heterocycles. The van der Waals surface area contributed by atoms with E-state index in [0.717, 1.165) is 62.0 Å². The maximum atomic E-state index is 13.3. The minimum Gasteiger partial charge on any atom is -0.392 e. The Kier molecular flexibility index (Phi) is 5.51. The Morgan fingerprint density at radius 2 is 2.04 bits per heavy atom. The van der Waals surface area contributed by atoms with E-state index in [-0.39, 0.29) is 5.91 Å². The third-order valence-electron chi connectivity index (χ3n) is 5.76. The first kappa shape index (κ1) is 19.1. The summed E-state index contributed by atoms with van der Waals surface area (Å²) in [6.07, 6.45) is 5.91. The van der Waals surface area contributed by atoms with E-state index in [1.165, 1.54) is 0 Å². The number of carbonyl (C=O) groups excluding carboxylic acids is 1. The van der Waals surface area contributed by atoms with Crippen LogP contribution in [0.25, 0.3) is 0 Å². The Morgan fingerprint density at radius 1 is 1.35 bits per heavy atom. The van der Waals surface area contributed by atoms with Crippen LogP contribution in [-0.4, -0.2) is 45.1 Å². The summed E-state index contributed by atoms with van der Waals surface area (Å²) in [6, 6.07) is 0. The van der Waals surface area contributed by atoms with E-state index in [9.17, 15) is 9.90 Å². The van der Waals surface area contributed by atoms with Crippen LogP contribution in [0.15, 0.2) is 9.52 Å². The first-order valence-corrected chi connectivity index (χ1v) is 9.77. The molecule has 1 aliphatic heterocycles. The Balaban J connectivity index is 1.88. The molecule has 26 heavy (non-hydrogen) atoms. The standard InChI is InChI=1S/C20H30N3O3/c1-5-6-9-17-21-20(10-7-8-11-20)19(25)23(17)12-16(15(4)24)18-13(2)14(3)22-26-18/h15,24H,5-12H2,1-4H3. The number of aliphatic hydroxyl groups is 1. The van der Waals surface area contributed by atoms with Crippen LogP contribution in [0.4, 0.5) is 0 Å². The molecular formula is C20H30N3O3. The lowest BCUT2D eigenvalue weighted by Gasteiger charge is -2.27. The normalized spacial score (nSPS) is 20.5. The molecule has 0 aromatic carbocycles. The molecule has 143 valence electrons. The quantitative estimate of drug-likeness (QED) is 0.809.